The minimum Gasteiger partial charge on any atom is -0.457 e. The van der Waals surface area contributed by atoms with Gasteiger partial charge in [-0.1, -0.05) is 6.07 Å². The molecule has 3 nitrogen and oxygen atoms in total. The first-order valence-electron chi connectivity index (χ1n) is 7.55. The fourth-order valence-corrected chi connectivity index (χ4v) is 2.40. The molecule has 25 heavy (non-hydrogen) atoms. The van der Waals surface area contributed by atoms with E-state index in [0.717, 1.165) is 28.9 Å². The van der Waals surface area contributed by atoms with E-state index in [2.05, 4.69) is 10.3 Å². The van der Waals surface area contributed by atoms with E-state index < -0.39 is 11.7 Å². The third-order valence-electron chi connectivity index (χ3n) is 3.65. The highest BCUT2D eigenvalue weighted by Crippen LogP contribution is 2.37. The molecule has 0 fully saturated rings. The van der Waals surface area contributed by atoms with Crippen molar-refractivity contribution in [3.8, 4) is 22.6 Å². The number of hydrogen-bond acceptors (Lipinski definition) is 3. The molecule has 0 saturated carbocycles. The van der Waals surface area contributed by atoms with Crippen molar-refractivity contribution in [2.45, 2.75) is 6.18 Å². The number of nitrogens with zero attached hydrogens (tertiary/aromatic N) is 1. The van der Waals surface area contributed by atoms with E-state index in [1.165, 1.54) is 12.1 Å². The van der Waals surface area contributed by atoms with Crippen LogP contribution >= 0.6 is 0 Å². The van der Waals surface area contributed by atoms with Crippen LogP contribution in [0.1, 0.15) is 5.56 Å². The Kier molecular flexibility index (Phi) is 4.61. The van der Waals surface area contributed by atoms with Crippen LogP contribution in [-0.4, -0.2) is 12.0 Å². The van der Waals surface area contributed by atoms with E-state index in [-0.39, 0.29) is 5.75 Å². The molecule has 3 rings (SSSR count). The Balaban J connectivity index is 2.02. The minimum atomic E-state index is -4.42. The molecule has 0 spiro atoms. The van der Waals surface area contributed by atoms with Crippen LogP contribution in [-0.2, 0) is 6.18 Å². The Hall–Kier alpha value is -3.02. The van der Waals surface area contributed by atoms with Crippen LogP contribution in [0.3, 0.4) is 0 Å². The summed E-state index contributed by atoms with van der Waals surface area (Å²) in [6.45, 7) is 0. The molecule has 0 aliphatic heterocycles. The average molecular weight is 344 g/mol. The number of nitrogens with one attached hydrogen (secondary N) is 1. The fourth-order valence-electron chi connectivity index (χ4n) is 2.40. The predicted molar refractivity (Wildman–Crippen MR) is 90.7 cm³/mol. The molecule has 0 atom stereocenters. The Labute approximate surface area is 143 Å². The van der Waals surface area contributed by atoms with Gasteiger partial charge in [0.2, 0.25) is 0 Å². The van der Waals surface area contributed by atoms with E-state index in [0.29, 0.717) is 5.75 Å². The van der Waals surface area contributed by atoms with Gasteiger partial charge in [-0.05, 0) is 48.0 Å². The SMILES string of the molecule is CNc1ccc(-c2ccncc2)c(Oc2cccc(C(F)(F)F)c2)c1. The Bertz CT molecular complexity index is 864. The summed E-state index contributed by atoms with van der Waals surface area (Å²) in [6, 6.07) is 13.9. The first-order valence-corrected chi connectivity index (χ1v) is 7.55. The van der Waals surface area contributed by atoms with E-state index >= 15 is 0 Å². The summed E-state index contributed by atoms with van der Waals surface area (Å²) in [6.07, 6.45) is -1.12. The number of pyridine rings is 1. The molecule has 0 aliphatic rings. The minimum absolute atomic E-state index is 0.124. The van der Waals surface area contributed by atoms with E-state index in [4.69, 9.17) is 4.74 Å². The van der Waals surface area contributed by atoms with Crippen LogP contribution in [0.2, 0.25) is 0 Å². The van der Waals surface area contributed by atoms with E-state index in [9.17, 15) is 13.2 Å². The topological polar surface area (TPSA) is 34.2 Å². The lowest BCUT2D eigenvalue weighted by Crippen LogP contribution is -2.04. The van der Waals surface area contributed by atoms with Gasteiger partial charge in [-0.15, -0.1) is 0 Å². The van der Waals surface area contributed by atoms with Crippen molar-refractivity contribution < 1.29 is 17.9 Å². The second-order valence-corrected chi connectivity index (χ2v) is 5.32. The Morgan fingerprint density at radius 3 is 2.40 bits per heavy atom. The van der Waals surface area contributed by atoms with Crippen molar-refractivity contribution in [1.29, 1.82) is 0 Å². The molecule has 0 saturated heterocycles. The van der Waals surface area contributed by atoms with Gasteiger partial charge in [0.15, 0.2) is 0 Å². The zero-order chi connectivity index (χ0) is 17.9. The second kappa shape index (κ2) is 6.84. The molecule has 1 heterocycles. The largest absolute Gasteiger partial charge is 0.457 e. The van der Waals surface area contributed by atoms with Gasteiger partial charge >= 0.3 is 6.18 Å². The van der Waals surface area contributed by atoms with Gasteiger partial charge in [-0.3, -0.25) is 4.98 Å². The molecule has 0 amide bonds. The molecule has 0 radical (unpaired) electrons. The molecule has 3 aromatic rings. The van der Waals surface area contributed by atoms with Crippen molar-refractivity contribution in [1.82, 2.24) is 4.98 Å². The van der Waals surface area contributed by atoms with Gasteiger partial charge in [0.1, 0.15) is 11.5 Å². The lowest BCUT2D eigenvalue weighted by atomic mass is 10.1. The molecule has 0 unspecified atom stereocenters. The van der Waals surface area contributed by atoms with Crippen molar-refractivity contribution in [3.63, 3.8) is 0 Å². The number of alkyl halides is 3. The summed E-state index contributed by atoms with van der Waals surface area (Å²) in [7, 11) is 1.76. The summed E-state index contributed by atoms with van der Waals surface area (Å²) in [4.78, 5) is 3.98. The monoisotopic (exact) mass is 344 g/mol. The van der Waals surface area contributed by atoms with Crippen LogP contribution in [0.15, 0.2) is 67.0 Å². The van der Waals surface area contributed by atoms with Gasteiger partial charge in [0.05, 0.1) is 5.56 Å². The smallest absolute Gasteiger partial charge is 0.416 e. The highest BCUT2D eigenvalue weighted by molar-refractivity contribution is 5.73. The average Bonchev–Trinajstić information content (AvgIpc) is 2.62. The maximum absolute atomic E-state index is 12.9. The summed E-state index contributed by atoms with van der Waals surface area (Å²) < 4.78 is 44.5. The van der Waals surface area contributed by atoms with Crippen LogP contribution in [0.25, 0.3) is 11.1 Å². The number of aromatic nitrogens is 1. The quantitative estimate of drug-likeness (QED) is 0.669. The van der Waals surface area contributed by atoms with Crippen LogP contribution in [0, 0.1) is 0 Å². The Morgan fingerprint density at radius 1 is 0.960 bits per heavy atom. The highest BCUT2D eigenvalue weighted by Gasteiger charge is 2.30. The summed E-state index contributed by atoms with van der Waals surface area (Å²) >= 11 is 0. The van der Waals surface area contributed by atoms with Gasteiger partial charge in [-0.25, -0.2) is 0 Å². The molecule has 1 aromatic heterocycles. The molecule has 0 bridgehead atoms. The zero-order valence-electron chi connectivity index (χ0n) is 13.3. The maximum Gasteiger partial charge on any atom is 0.416 e. The van der Waals surface area contributed by atoms with E-state index in [1.54, 1.807) is 25.5 Å². The first-order chi connectivity index (χ1) is 12.0. The number of ether oxygens (including phenoxy) is 1. The van der Waals surface area contributed by atoms with Gasteiger partial charge < -0.3 is 10.1 Å². The molecule has 6 heteroatoms. The van der Waals surface area contributed by atoms with Crippen molar-refractivity contribution >= 4 is 5.69 Å². The number of rotatable bonds is 4. The highest BCUT2D eigenvalue weighted by atomic mass is 19.4. The fraction of sp³-hybridized carbons (Fsp3) is 0.105. The molecule has 128 valence electrons. The molecular weight excluding hydrogens is 329 g/mol. The maximum atomic E-state index is 12.9. The molecule has 1 N–H and O–H groups in total. The van der Waals surface area contributed by atoms with Crippen molar-refractivity contribution in [3.05, 3.63) is 72.6 Å². The summed E-state index contributed by atoms with van der Waals surface area (Å²) in [5, 5.41) is 3.00. The summed E-state index contributed by atoms with van der Waals surface area (Å²) in [5.41, 5.74) is 1.67. The van der Waals surface area contributed by atoms with Crippen LogP contribution in [0.5, 0.6) is 11.5 Å². The normalized spacial score (nSPS) is 11.2. The third-order valence-corrected chi connectivity index (χ3v) is 3.65. The predicted octanol–water partition coefficient (Wildman–Crippen LogP) is 5.60. The first kappa shape index (κ1) is 16.8. The number of benzene rings is 2. The number of hydrogen-bond donors (Lipinski definition) is 1. The third kappa shape index (κ3) is 3.91. The van der Waals surface area contributed by atoms with Gasteiger partial charge in [-0.2, -0.15) is 13.2 Å². The lowest BCUT2D eigenvalue weighted by molar-refractivity contribution is -0.137. The van der Waals surface area contributed by atoms with E-state index in [1.807, 2.05) is 24.3 Å². The van der Waals surface area contributed by atoms with Gasteiger partial charge in [0.25, 0.3) is 0 Å². The molecule has 0 aliphatic carbocycles. The lowest BCUT2D eigenvalue weighted by Gasteiger charge is -2.14. The standard InChI is InChI=1S/C19H15F3N2O/c1-23-15-5-6-17(13-7-9-24-10-8-13)18(12-15)25-16-4-2-3-14(11-16)19(20,21)22/h2-12,23H,1H3. The zero-order valence-corrected chi connectivity index (χ0v) is 13.3. The molecule has 2 aromatic carbocycles. The Morgan fingerprint density at radius 2 is 1.72 bits per heavy atom. The van der Waals surface area contributed by atoms with Crippen molar-refractivity contribution in [2.75, 3.05) is 12.4 Å². The van der Waals surface area contributed by atoms with Crippen molar-refractivity contribution in [2.24, 2.45) is 0 Å². The van der Waals surface area contributed by atoms with Gasteiger partial charge in [0, 0.05) is 36.8 Å². The number of anilines is 1. The number of halogens is 3. The summed E-state index contributed by atoms with van der Waals surface area (Å²) in [5.74, 6) is 0.579. The van der Waals surface area contributed by atoms with Crippen LogP contribution < -0.4 is 10.1 Å². The molecular formula is C19H15F3N2O. The van der Waals surface area contributed by atoms with Crippen LogP contribution in [0.4, 0.5) is 18.9 Å². The second-order valence-electron chi connectivity index (χ2n) is 5.32.